The number of carbonyl (C=O) groups is 1. The van der Waals surface area contributed by atoms with Crippen LogP contribution in [0.5, 0.6) is 5.75 Å². The Morgan fingerprint density at radius 2 is 2.11 bits per heavy atom. The van der Waals surface area contributed by atoms with Crippen LogP contribution >= 0.6 is 0 Å². The number of aromatic hydroxyl groups is 1. The first kappa shape index (κ1) is 12.0. The third-order valence-electron chi connectivity index (χ3n) is 3.54. The van der Waals surface area contributed by atoms with E-state index in [0.717, 1.165) is 24.9 Å². The molecular formula is C15H16N2O2. The summed E-state index contributed by atoms with van der Waals surface area (Å²) in [6, 6.07) is 11.2. The highest BCUT2D eigenvalue weighted by Gasteiger charge is 2.20. The lowest BCUT2D eigenvalue weighted by atomic mass is 10.0. The van der Waals surface area contributed by atoms with Crippen molar-refractivity contribution >= 4 is 16.7 Å². The molecule has 0 saturated carbocycles. The third-order valence-corrected chi connectivity index (χ3v) is 3.54. The Hall–Kier alpha value is -2.07. The molecule has 1 heterocycles. The monoisotopic (exact) mass is 256 g/mol. The molecule has 3 rings (SSSR count). The number of phenolic OH excluding ortho intramolecular Hbond substituents is 1. The molecule has 2 aromatic rings. The Labute approximate surface area is 111 Å². The van der Waals surface area contributed by atoms with E-state index >= 15 is 0 Å². The van der Waals surface area contributed by atoms with Crippen LogP contribution in [-0.4, -0.2) is 30.1 Å². The van der Waals surface area contributed by atoms with Crippen molar-refractivity contribution in [2.24, 2.45) is 0 Å². The third kappa shape index (κ3) is 2.27. The lowest BCUT2D eigenvalue weighted by Gasteiger charge is -2.13. The second-order valence-corrected chi connectivity index (χ2v) is 4.85. The summed E-state index contributed by atoms with van der Waals surface area (Å²) >= 11 is 0. The van der Waals surface area contributed by atoms with Crippen LogP contribution in [0.2, 0.25) is 0 Å². The molecule has 1 amide bonds. The summed E-state index contributed by atoms with van der Waals surface area (Å²) in [5, 5.41) is 18.0. The first-order chi connectivity index (χ1) is 9.25. The smallest absolute Gasteiger partial charge is 0.255 e. The van der Waals surface area contributed by atoms with Gasteiger partial charge in [0.15, 0.2) is 0 Å². The van der Waals surface area contributed by atoms with Crippen LogP contribution in [0.25, 0.3) is 10.8 Å². The molecule has 1 atom stereocenters. The predicted octanol–water partition coefficient (Wildman–Crippen LogP) is 1.64. The molecule has 0 aromatic heterocycles. The summed E-state index contributed by atoms with van der Waals surface area (Å²) in [5.74, 6) is -0.154. The van der Waals surface area contributed by atoms with Gasteiger partial charge in [-0.15, -0.1) is 0 Å². The van der Waals surface area contributed by atoms with E-state index in [1.54, 1.807) is 6.07 Å². The number of carbonyl (C=O) groups excluding carboxylic acids is 1. The Morgan fingerprint density at radius 1 is 1.26 bits per heavy atom. The molecule has 4 nitrogen and oxygen atoms in total. The zero-order valence-corrected chi connectivity index (χ0v) is 10.5. The van der Waals surface area contributed by atoms with E-state index in [1.165, 1.54) is 0 Å². The second-order valence-electron chi connectivity index (χ2n) is 4.85. The summed E-state index contributed by atoms with van der Waals surface area (Å²) in [6.07, 6.45) is 0.931. The van der Waals surface area contributed by atoms with Crippen molar-refractivity contribution in [2.45, 2.75) is 12.5 Å². The molecule has 0 unspecified atom stereocenters. The number of rotatable bonds is 2. The summed E-state index contributed by atoms with van der Waals surface area (Å²) in [4.78, 5) is 12.2. The molecule has 0 spiro atoms. The topological polar surface area (TPSA) is 61.4 Å². The van der Waals surface area contributed by atoms with Crippen LogP contribution in [0, 0.1) is 0 Å². The molecule has 1 aliphatic heterocycles. The molecule has 19 heavy (non-hydrogen) atoms. The van der Waals surface area contributed by atoms with Gasteiger partial charge in [0, 0.05) is 18.0 Å². The van der Waals surface area contributed by atoms with Gasteiger partial charge < -0.3 is 15.7 Å². The van der Waals surface area contributed by atoms with Crippen molar-refractivity contribution in [3.05, 3.63) is 42.0 Å². The Kier molecular flexibility index (Phi) is 3.09. The van der Waals surface area contributed by atoms with E-state index in [4.69, 9.17) is 0 Å². The van der Waals surface area contributed by atoms with Crippen molar-refractivity contribution in [3.63, 3.8) is 0 Å². The average molecular weight is 256 g/mol. The van der Waals surface area contributed by atoms with Gasteiger partial charge in [0.2, 0.25) is 0 Å². The van der Waals surface area contributed by atoms with Crippen LogP contribution in [0.4, 0.5) is 0 Å². The maximum Gasteiger partial charge on any atom is 0.255 e. The van der Waals surface area contributed by atoms with E-state index in [1.807, 2.05) is 30.3 Å². The minimum absolute atomic E-state index is 0.0570. The van der Waals surface area contributed by atoms with Crippen LogP contribution in [0.1, 0.15) is 16.8 Å². The van der Waals surface area contributed by atoms with Crippen LogP contribution in [-0.2, 0) is 0 Å². The summed E-state index contributed by atoms with van der Waals surface area (Å²) < 4.78 is 0. The standard InChI is InChI=1S/C15H16N2O2/c18-14-12-4-2-1-3-10(12)5-6-13(14)15(19)17-11-7-8-16-9-11/h1-6,11,16,18H,7-9H2,(H,17,19)/t11-/m0/s1. The largest absolute Gasteiger partial charge is 0.506 e. The molecule has 2 aromatic carbocycles. The van der Waals surface area contributed by atoms with Gasteiger partial charge in [-0.3, -0.25) is 4.79 Å². The fraction of sp³-hybridized carbons (Fsp3) is 0.267. The SMILES string of the molecule is O=C(N[C@H]1CCNC1)c1ccc2ccccc2c1O. The van der Waals surface area contributed by atoms with Crippen LogP contribution in [0.3, 0.4) is 0 Å². The van der Waals surface area contributed by atoms with Gasteiger partial charge >= 0.3 is 0 Å². The first-order valence-corrected chi connectivity index (χ1v) is 6.48. The molecular weight excluding hydrogens is 240 g/mol. The van der Waals surface area contributed by atoms with Gasteiger partial charge in [-0.05, 0) is 24.4 Å². The molecule has 0 aliphatic carbocycles. The number of nitrogens with one attached hydrogen (secondary N) is 2. The van der Waals surface area contributed by atoms with E-state index < -0.39 is 0 Å². The summed E-state index contributed by atoms with van der Waals surface area (Å²) in [6.45, 7) is 1.72. The predicted molar refractivity (Wildman–Crippen MR) is 74.4 cm³/mol. The highest BCUT2D eigenvalue weighted by Crippen LogP contribution is 2.28. The van der Waals surface area contributed by atoms with E-state index in [-0.39, 0.29) is 17.7 Å². The van der Waals surface area contributed by atoms with Gasteiger partial charge in [0.1, 0.15) is 5.75 Å². The Morgan fingerprint density at radius 3 is 2.89 bits per heavy atom. The number of phenols is 1. The van der Waals surface area contributed by atoms with Crippen molar-refractivity contribution in [1.29, 1.82) is 0 Å². The molecule has 4 heteroatoms. The number of amides is 1. The van der Waals surface area contributed by atoms with Crippen LogP contribution in [0.15, 0.2) is 36.4 Å². The van der Waals surface area contributed by atoms with E-state index in [0.29, 0.717) is 10.9 Å². The minimum Gasteiger partial charge on any atom is -0.506 e. The van der Waals surface area contributed by atoms with Crippen molar-refractivity contribution < 1.29 is 9.90 Å². The molecule has 3 N–H and O–H groups in total. The average Bonchev–Trinajstić information content (AvgIpc) is 2.92. The van der Waals surface area contributed by atoms with Crippen LogP contribution < -0.4 is 10.6 Å². The second kappa shape index (κ2) is 4.90. The quantitative estimate of drug-likeness (QED) is 0.765. The van der Waals surface area contributed by atoms with E-state index in [2.05, 4.69) is 10.6 Å². The molecule has 1 aliphatic rings. The minimum atomic E-state index is -0.211. The maximum absolute atomic E-state index is 12.2. The molecule has 0 bridgehead atoms. The summed E-state index contributed by atoms with van der Waals surface area (Å²) in [7, 11) is 0. The van der Waals surface area contributed by atoms with Gasteiger partial charge in [0.25, 0.3) is 5.91 Å². The molecule has 1 saturated heterocycles. The van der Waals surface area contributed by atoms with Gasteiger partial charge in [-0.2, -0.15) is 0 Å². The fourth-order valence-corrected chi connectivity index (χ4v) is 2.48. The Bertz CT molecular complexity index is 619. The first-order valence-electron chi connectivity index (χ1n) is 6.48. The maximum atomic E-state index is 12.2. The number of benzene rings is 2. The van der Waals surface area contributed by atoms with Crippen molar-refractivity contribution in [2.75, 3.05) is 13.1 Å². The fourth-order valence-electron chi connectivity index (χ4n) is 2.48. The number of hydrogen-bond acceptors (Lipinski definition) is 3. The van der Waals surface area contributed by atoms with Gasteiger partial charge in [0.05, 0.1) is 5.56 Å². The zero-order valence-electron chi connectivity index (χ0n) is 10.5. The normalized spacial score (nSPS) is 18.6. The number of fused-ring (bicyclic) bond motifs is 1. The summed E-state index contributed by atoms with van der Waals surface area (Å²) in [5.41, 5.74) is 0.339. The van der Waals surface area contributed by atoms with Crippen molar-refractivity contribution in [3.8, 4) is 5.75 Å². The van der Waals surface area contributed by atoms with Gasteiger partial charge in [-0.1, -0.05) is 30.3 Å². The molecule has 0 radical (unpaired) electrons. The lowest BCUT2D eigenvalue weighted by Crippen LogP contribution is -2.36. The van der Waals surface area contributed by atoms with E-state index in [9.17, 15) is 9.90 Å². The van der Waals surface area contributed by atoms with Crippen molar-refractivity contribution in [1.82, 2.24) is 10.6 Å². The number of hydrogen-bond donors (Lipinski definition) is 3. The highest BCUT2D eigenvalue weighted by atomic mass is 16.3. The molecule has 1 fully saturated rings. The lowest BCUT2D eigenvalue weighted by molar-refractivity contribution is 0.0937. The molecule has 98 valence electrons. The highest BCUT2D eigenvalue weighted by molar-refractivity contribution is 6.03. The zero-order chi connectivity index (χ0) is 13.2. The van der Waals surface area contributed by atoms with Gasteiger partial charge in [-0.25, -0.2) is 0 Å². The Balaban J connectivity index is 1.91.